The van der Waals surface area contributed by atoms with E-state index in [0.29, 0.717) is 24.3 Å². The van der Waals surface area contributed by atoms with Crippen molar-refractivity contribution in [3.8, 4) is 0 Å². The SMILES string of the molecule is CCc1cccc(C)c1NC(=S)N=C(N)N1CCOCC1. The van der Waals surface area contributed by atoms with E-state index in [9.17, 15) is 0 Å². The van der Waals surface area contributed by atoms with Crippen molar-refractivity contribution in [2.45, 2.75) is 20.3 Å². The van der Waals surface area contributed by atoms with Gasteiger partial charge in [0.05, 0.1) is 13.2 Å². The van der Waals surface area contributed by atoms with Gasteiger partial charge < -0.3 is 20.7 Å². The van der Waals surface area contributed by atoms with E-state index < -0.39 is 0 Å². The minimum absolute atomic E-state index is 0.392. The number of para-hydroxylation sites is 1. The normalized spacial score (nSPS) is 15.9. The van der Waals surface area contributed by atoms with E-state index in [0.717, 1.165) is 30.8 Å². The third-order valence-electron chi connectivity index (χ3n) is 3.52. The molecular formula is C15H22N4OS. The Morgan fingerprint density at radius 2 is 2.14 bits per heavy atom. The van der Waals surface area contributed by atoms with E-state index in [1.54, 1.807) is 0 Å². The molecule has 21 heavy (non-hydrogen) atoms. The monoisotopic (exact) mass is 306 g/mol. The Morgan fingerprint density at radius 3 is 2.81 bits per heavy atom. The molecule has 0 radical (unpaired) electrons. The van der Waals surface area contributed by atoms with Gasteiger partial charge in [-0.2, -0.15) is 4.99 Å². The number of morpholine rings is 1. The number of anilines is 1. The number of aliphatic imine (C=N–C) groups is 1. The van der Waals surface area contributed by atoms with Crippen LogP contribution in [0.5, 0.6) is 0 Å². The molecular weight excluding hydrogens is 284 g/mol. The number of aryl methyl sites for hydroxylation is 2. The first-order valence-electron chi connectivity index (χ1n) is 7.18. The molecule has 1 aliphatic heterocycles. The van der Waals surface area contributed by atoms with Gasteiger partial charge in [0.1, 0.15) is 0 Å². The smallest absolute Gasteiger partial charge is 0.200 e. The second-order valence-corrected chi connectivity index (χ2v) is 5.35. The maximum absolute atomic E-state index is 6.00. The van der Waals surface area contributed by atoms with Crippen molar-refractivity contribution in [3.05, 3.63) is 29.3 Å². The number of hydrogen-bond donors (Lipinski definition) is 2. The van der Waals surface area contributed by atoms with Crippen molar-refractivity contribution in [1.29, 1.82) is 0 Å². The number of thiocarbonyl (C=S) groups is 1. The van der Waals surface area contributed by atoms with Crippen LogP contribution in [-0.4, -0.2) is 42.3 Å². The Kier molecular flexibility index (Phi) is 5.52. The quantitative estimate of drug-likeness (QED) is 0.496. The number of nitrogens with zero attached hydrogens (tertiary/aromatic N) is 2. The number of rotatable bonds is 2. The largest absolute Gasteiger partial charge is 0.378 e. The van der Waals surface area contributed by atoms with Crippen LogP contribution in [0.3, 0.4) is 0 Å². The van der Waals surface area contributed by atoms with Crippen molar-refractivity contribution in [2.75, 3.05) is 31.6 Å². The minimum Gasteiger partial charge on any atom is -0.378 e. The topological polar surface area (TPSA) is 62.9 Å². The van der Waals surface area contributed by atoms with E-state index >= 15 is 0 Å². The third-order valence-corrected chi connectivity index (χ3v) is 3.72. The van der Waals surface area contributed by atoms with Gasteiger partial charge in [-0.3, -0.25) is 0 Å². The minimum atomic E-state index is 0.392. The number of hydrogen-bond acceptors (Lipinski definition) is 2. The van der Waals surface area contributed by atoms with E-state index in [4.69, 9.17) is 22.7 Å². The molecule has 5 nitrogen and oxygen atoms in total. The number of ether oxygens (including phenoxy) is 1. The molecule has 1 aromatic rings. The first kappa shape index (κ1) is 15.7. The lowest BCUT2D eigenvalue weighted by atomic mass is 10.1. The highest BCUT2D eigenvalue weighted by Gasteiger charge is 2.13. The van der Waals surface area contributed by atoms with Crippen molar-refractivity contribution >= 4 is 29.0 Å². The Morgan fingerprint density at radius 1 is 1.43 bits per heavy atom. The van der Waals surface area contributed by atoms with Crippen LogP contribution in [0.25, 0.3) is 0 Å². The summed E-state index contributed by atoms with van der Waals surface area (Å²) >= 11 is 5.31. The van der Waals surface area contributed by atoms with E-state index in [1.165, 1.54) is 5.56 Å². The number of guanidine groups is 1. The van der Waals surface area contributed by atoms with Gasteiger partial charge >= 0.3 is 0 Å². The van der Waals surface area contributed by atoms with Crippen LogP contribution in [0.1, 0.15) is 18.1 Å². The highest BCUT2D eigenvalue weighted by molar-refractivity contribution is 7.80. The molecule has 0 saturated carbocycles. The second-order valence-electron chi connectivity index (χ2n) is 4.96. The number of benzene rings is 1. The maximum atomic E-state index is 6.00. The molecule has 1 fully saturated rings. The average molecular weight is 306 g/mol. The van der Waals surface area contributed by atoms with Crippen LogP contribution in [0.4, 0.5) is 5.69 Å². The summed E-state index contributed by atoms with van der Waals surface area (Å²) in [5, 5.41) is 3.60. The predicted octanol–water partition coefficient (Wildman–Crippen LogP) is 1.90. The van der Waals surface area contributed by atoms with Gasteiger partial charge in [0.2, 0.25) is 5.11 Å². The molecule has 0 aromatic heterocycles. The molecule has 0 atom stereocenters. The first-order chi connectivity index (χ1) is 10.1. The second kappa shape index (κ2) is 7.38. The van der Waals surface area contributed by atoms with Crippen molar-refractivity contribution in [2.24, 2.45) is 10.7 Å². The molecule has 0 bridgehead atoms. The molecule has 6 heteroatoms. The van der Waals surface area contributed by atoms with Gasteiger partial charge in [-0.25, -0.2) is 0 Å². The fraction of sp³-hybridized carbons (Fsp3) is 0.467. The van der Waals surface area contributed by atoms with Crippen molar-refractivity contribution in [1.82, 2.24) is 4.90 Å². The molecule has 2 rings (SSSR count). The van der Waals surface area contributed by atoms with Crippen LogP contribution < -0.4 is 11.1 Å². The molecule has 0 amide bonds. The molecule has 0 unspecified atom stereocenters. The maximum Gasteiger partial charge on any atom is 0.200 e. The standard InChI is InChI=1S/C15H22N4OS/c1-3-12-6-4-5-11(2)13(12)17-15(21)18-14(16)19-7-9-20-10-8-19/h4-6H,3,7-10H2,1-2H3,(H3,16,17,18,21). The van der Waals surface area contributed by atoms with Crippen LogP contribution in [-0.2, 0) is 11.2 Å². The molecule has 3 N–H and O–H groups in total. The summed E-state index contributed by atoms with van der Waals surface area (Å²) in [7, 11) is 0. The molecule has 1 saturated heterocycles. The van der Waals surface area contributed by atoms with E-state index in [2.05, 4.69) is 36.3 Å². The van der Waals surface area contributed by atoms with Gasteiger partial charge in [-0.1, -0.05) is 25.1 Å². The van der Waals surface area contributed by atoms with Crippen LogP contribution in [0, 0.1) is 6.92 Å². The molecule has 0 aliphatic carbocycles. The van der Waals surface area contributed by atoms with Gasteiger partial charge in [-0.15, -0.1) is 0 Å². The van der Waals surface area contributed by atoms with Gasteiger partial charge in [0.25, 0.3) is 0 Å². The van der Waals surface area contributed by atoms with Gasteiger partial charge in [-0.05, 0) is 36.7 Å². The van der Waals surface area contributed by atoms with Gasteiger partial charge in [0, 0.05) is 18.8 Å². The summed E-state index contributed by atoms with van der Waals surface area (Å²) < 4.78 is 5.30. The van der Waals surface area contributed by atoms with Crippen LogP contribution in [0.2, 0.25) is 0 Å². The highest BCUT2D eigenvalue weighted by atomic mass is 32.1. The predicted molar refractivity (Wildman–Crippen MR) is 90.8 cm³/mol. The molecule has 1 aliphatic rings. The number of nitrogens with one attached hydrogen (secondary N) is 1. The average Bonchev–Trinajstić information content (AvgIpc) is 2.50. The van der Waals surface area contributed by atoms with Crippen LogP contribution >= 0.6 is 12.2 Å². The zero-order valence-electron chi connectivity index (χ0n) is 12.6. The Bertz CT molecular complexity index is 538. The summed E-state index contributed by atoms with van der Waals surface area (Å²) in [6.07, 6.45) is 0.940. The van der Waals surface area contributed by atoms with E-state index in [1.807, 2.05) is 11.0 Å². The molecule has 114 valence electrons. The Balaban J connectivity index is 2.07. The summed E-state index contributed by atoms with van der Waals surface area (Å²) in [5.74, 6) is 0.447. The summed E-state index contributed by atoms with van der Waals surface area (Å²) in [4.78, 5) is 6.28. The van der Waals surface area contributed by atoms with Gasteiger partial charge in [0.15, 0.2) is 5.96 Å². The Labute approximate surface area is 131 Å². The summed E-state index contributed by atoms with van der Waals surface area (Å²) in [6, 6.07) is 6.19. The lowest BCUT2D eigenvalue weighted by Gasteiger charge is -2.27. The first-order valence-corrected chi connectivity index (χ1v) is 7.59. The zero-order valence-corrected chi connectivity index (χ0v) is 13.4. The van der Waals surface area contributed by atoms with Crippen molar-refractivity contribution < 1.29 is 4.74 Å². The lowest BCUT2D eigenvalue weighted by Crippen LogP contribution is -2.45. The molecule has 0 spiro atoms. The number of nitrogens with two attached hydrogens (primary N) is 1. The highest BCUT2D eigenvalue weighted by Crippen LogP contribution is 2.21. The van der Waals surface area contributed by atoms with Crippen LogP contribution in [0.15, 0.2) is 23.2 Å². The lowest BCUT2D eigenvalue weighted by molar-refractivity contribution is 0.0676. The molecule has 1 heterocycles. The van der Waals surface area contributed by atoms with E-state index in [-0.39, 0.29) is 0 Å². The summed E-state index contributed by atoms with van der Waals surface area (Å²) in [6.45, 7) is 7.03. The Hall–Kier alpha value is -1.66. The third kappa shape index (κ3) is 4.15. The molecule has 1 aromatic carbocycles. The zero-order chi connectivity index (χ0) is 15.2. The fourth-order valence-corrected chi connectivity index (χ4v) is 2.50. The fourth-order valence-electron chi connectivity index (χ4n) is 2.30. The van der Waals surface area contributed by atoms with Crippen molar-refractivity contribution in [3.63, 3.8) is 0 Å². The summed E-state index contributed by atoms with van der Waals surface area (Å²) in [5.41, 5.74) is 9.41.